The zero-order valence-corrected chi connectivity index (χ0v) is 18.7. The van der Waals surface area contributed by atoms with E-state index >= 15 is 0 Å². The normalized spacial score (nSPS) is 14.8. The van der Waals surface area contributed by atoms with E-state index in [1.165, 1.54) is 22.4 Å². The van der Waals surface area contributed by atoms with Gasteiger partial charge in [-0.1, -0.05) is 23.5 Å². The van der Waals surface area contributed by atoms with E-state index in [0.717, 1.165) is 29.5 Å². The summed E-state index contributed by atoms with van der Waals surface area (Å²) < 4.78 is 20.5. The lowest BCUT2D eigenvalue weighted by atomic mass is 10.1. The smallest absolute Gasteiger partial charge is 0.274 e. The highest BCUT2D eigenvalue weighted by Crippen LogP contribution is 2.33. The number of nitrogens with zero attached hydrogens (tertiary/aromatic N) is 3. The summed E-state index contributed by atoms with van der Waals surface area (Å²) in [4.78, 5) is 19.4. The van der Waals surface area contributed by atoms with Crippen molar-refractivity contribution in [2.45, 2.75) is 32.8 Å². The van der Waals surface area contributed by atoms with E-state index in [1.807, 2.05) is 4.90 Å². The van der Waals surface area contributed by atoms with E-state index in [9.17, 15) is 9.18 Å². The molecule has 3 heterocycles. The van der Waals surface area contributed by atoms with Gasteiger partial charge in [0.05, 0.1) is 15.9 Å². The maximum atomic E-state index is 13.1. The van der Waals surface area contributed by atoms with Crippen LogP contribution in [-0.2, 0) is 0 Å². The van der Waals surface area contributed by atoms with Crippen molar-refractivity contribution >= 4 is 27.5 Å². The van der Waals surface area contributed by atoms with Crippen LogP contribution in [0.2, 0.25) is 0 Å². The Labute approximate surface area is 189 Å². The Morgan fingerprint density at radius 1 is 1.12 bits per heavy atom. The van der Waals surface area contributed by atoms with Gasteiger partial charge in [-0.3, -0.25) is 9.89 Å². The highest BCUT2D eigenvalue weighted by molar-refractivity contribution is 7.20. The van der Waals surface area contributed by atoms with Crippen molar-refractivity contribution in [2.24, 2.45) is 0 Å². The van der Waals surface area contributed by atoms with Gasteiger partial charge in [0.25, 0.3) is 11.1 Å². The Morgan fingerprint density at radius 3 is 2.56 bits per heavy atom. The standard InChI is InChI=1S/C24H23FN4O2S/c1-14-3-4-15(2)22-21(14)26-24(32-22)31-18-9-11-29(12-10-18)23(30)20-13-19(27-28-20)16-5-7-17(25)8-6-16/h3-8,13,18H,9-12H2,1-2H3,(H,27,28). The van der Waals surface area contributed by atoms with Crippen LogP contribution in [0.3, 0.4) is 0 Å². The Kier molecular flexibility index (Phi) is 5.38. The summed E-state index contributed by atoms with van der Waals surface area (Å²) in [7, 11) is 0. The molecule has 0 spiro atoms. The lowest BCUT2D eigenvalue weighted by Crippen LogP contribution is -2.41. The van der Waals surface area contributed by atoms with Crippen molar-refractivity contribution in [3.05, 3.63) is 65.1 Å². The van der Waals surface area contributed by atoms with Crippen LogP contribution in [0.25, 0.3) is 21.5 Å². The first-order valence-electron chi connectivity index (χ1n) is 10.6. The minimum absolute atomic E-state index is 0.0387. The van der Waals surface area contributed by atoms with Crippen LogP contribution in [-0.4, -0.2) is 45.2 Å². The van der Waals surface area contributed by atoms with Gasteiger partial charge in [-0.2, -0.15) is 5.10 Å². The molecule has 1 fully saturated rings. The number of carbonyl (C=O) groups is 1. The number of halogens is 1. The van der Waals surface area contributed by atoms with Crippen LogP contribution in [0.15, 0.2) is 42.5 Å². The Hall–Kier alpha value is -3.26. The van der Waals surface area contributed by atoms with E-state index in [0.29, 0.717) is 29.7 Å². The van der Waals surface area contributed by atoms with Gasteiger partial charge in [-0.15, -0.1) is 0 Å². The number of aromatic amines is 1. The first-order chi connectivity index (χ1) is 15.5. The van der Waals surface area contributed by atoms with Crippen LogP contribution in [0.1, 0.15) is 34.5 Å². The molecular formula is C24H23FN4O2S. The second kappa shape index (κ2) is 8.35. The number of hydrogen-bond acceptors (Lipinski definition) is 5. The number of carbonyl (C=O) groups excluding carboxylic acids is 1. The number of aryl methyl sites for hydroxylation is 2. The number of hydrogen-bond donors (Lipinski definition) is 1. The van der Waals surface area contributed by atoms with Gasteiger partial charge in [0.15, 0.2) is 0 Å². The minimum atomic E-state index is -0.304. The zero-order valence-electron chi connectivity index (χ0n) is 17.9. The van der Waals surface area contributed by atoms with Crippen molar-refractivity contribution < 1.29 is 13.9 Å². The molecule has 0 aliphatic carbocycles. The summed E-state index contributed by atoms with van der Waals surface area (Å²) in [6.45, 7) is 5.37. The molecule has 4 aromatic rings. The van der Waals surface area contributed by atoms with E-state index < -0.39 is 0 Å². The molecule has 0 bridgehead atoms. The third-order valence-corrected chi connectivity index (χ3v) is 6.95. The molecule has 0 radical (unpaired) electrons. The predicted octanol–water partition coefficient (Wildman–Crippen LogP) is 5.13. The fourth-order valence-corrected chi connectivity index (χ4v) is 5.01. The van der Waals surface area contributed by atoms with Gasteiger partial charge in [-0.05, 0) is 55.3 Å². The molecule has 0 atom stereocenters. The number of thiazole rings is 1. The Balaban J connectivity index is 1.21. The summed E-state index contributed by atoms with van der Waals surface area (Å²) in [5, 5.41) is 7.72. The van der Waals surface area contributed by atoms with Crippen molar-refractivity contribution in [1.82, 2.24) is 20.1 Å². The van der Waals surface area contributed by atoms with Crippen LogP contribution >= 0.6 is 11.3 Å². The van der Waals surface area contributed by atoms with Gasteiger partial charge in [0.1, 0.15) is 17.6 Å². The third kappa shape index (κ3) is 3.98. The minimum Gasteiger partial charge on any atom is -0.467 e. The van der Waals surface area contributed by atoms with Crippen LogP contribution in [0, 0.1) is 19.7 Å². The van der Waals surface area contributed by atoms with E-state index in [4.69, 9.17) is 4.74 Å². The Bertz CT molecular complexity index is 1230. The van der Waals surface area contributed by atoms with Gasteiger partial charge in [0, 0.05) is 31.5 Å². The molecule has 164 valence electrons. The molecule has 1 aliphatic heterocycles. The van der Waals surface area contributed by atoms with Crippen molar-refractivity contribution in [1.29, 1.82) is 0 Å². The number of rotatable bonds is 4. The lowest BCUT2D eigenvalue weighted by Gasteiger charge is -2.31. The second-order valence-electron chi connectivity index (χ2n) is 8.14. The van der Waals surface area contributed by atoms with Crippen molar-refractivity contribution in [3.63, 3.8) is 0 Å². The summed E-state index contributed by atoms with van der Waals surface area (Å²) in [6.07, 6.45) is 1.54. The first-order valence-corrected chi connectivity index (χ1v) is 11.4. The molecule has 2 aromatic heterocycles. The molecule has 1 aliphatic rings. The molecule has 6 nitrogen and oxygen atoms in total. The average molecular weight is 451 g/mol. The van der Waals surface area contributed by atoms with Gasteiger partial charge in [0.2, 0.25) is 0 Å². The molecule has 2 aromatic carbocycles. The van der Waals surface area contributed by atoms with Crippen LogP contribution in [0.4, 0.5) is 4.39 Å². The molecule has 0 unspecified atom stereocenters. The summed E-state index contributed by atoms with van der Waals surface area (Å²) in [5.41, 5.74) is 5.17. The number of aromatic nitrogens is 3. The molecule has 1 amide bonds. The second-order valence-corrected chi connectivity index (χ2v) is 9.10. The van der Waals surface area contributed by atoms with Gasteiger partial charge >= 0.3 is 0 Å². The number of nitrogens with one attached hydrogen (secondary N) is 1. The fourth-order valence-electron chi connectivity index (χ4n) is 3.98. The molecular weight excluding hydrogens is 427 g/mol. The number of H-pyrrole nitrogens is 1. The molecule has 5 rings (SSSR count). The number of amides is 1. The SMILES string of the molecule is Cc1ccc(C)c2sc(OC3CCN(C(=O)c4cc(-c5ccc(F)cc5)n[nH]4)CC3)nc12. The van der Waals surface area contributed by atoms with Gasteiger partial charge < -0.3 is 9.64 Å². The summed E-state index contributed by atoms with van der Waals surface area (Å²) in [6, 6.07) is 12.0. The number of fused-ring (bicyclic) bond motifs is 1. The topological polar surface area (TPSA) is 71.1 Å². The quantitative estimate of drug-likeness (QED) is 0.468. The highest BCUT2D eigenvalue weighted by Gasteiger charge is 2.26. The number of piperidine rings is 1. The molecule has 8 heteroatoms. The summed E-state index contributed by atoms with van der Waals surface area (Å²) >= 11 is 1.59. The fraction of sp³-hybridized carbons (Fsp3) is 0.292. The molecule has 1 saturated heterocycles. The van der Waals surface area contributed by atoms with E-state index in [1.54, 1.807) is 29.5 Å². The predicted molar refractivity (Wildman–Crippen MR) is 123 cm³/mol. The summed E-state index contributed by atoms with van der Waals surface area (Å²) in [5.74, 6) is -0.391. The monoisotopic (exact) mass is 450 g/mol. The lowest BCUT2D eigenvalue weighted by molar-refractivity contribution is 0.0590. The average Bonchev–Trinajstić information content (AvgIpc) is 3.45. The maximum absolute atomic E-state index is 13.1. The number of likely N-dealkylation sites (tertiary alicyclic amines) is 1. The van der Waals surface area contributed by atoms with Crippen molar-refractivity contribution in [2.75, 3.05) is 13.1 Å². The van der Waals surface area contributed by atoms with E-state index in [2.05, 4.69) is 41.2 Å². The largest absolute Gasteiger partial charge is 0.467 e. The van der Waals surface area contributed by atoms with Crippen LogP contribution < -0.4 is 4.74 Å². The highest BCUT2D eigenvalue weighted by atomic mass is 32.1. The van der Waals surface area contributed by atoms with E-state index in [-0.39, 0.29) is 17.8 Å². The molecule has 0 saturated carbocycles. The van der Waals surface area contributed by atoms with Gasteiger partial charge in [-0.25, -0.2) is 9.37 Å². The third-order valence-electron chi connectivity index (χ3n) is 5.87. The molecule has 1 N–H and O–H groups in total. The van der Waals surface area contributed by atoms with Crippen molar-refractivity contribution in [3.8, 4) is 16.5 Å². The maximum Gasteiger partial charge on any atom is 0.274 e. The number of ether oxygens (including phenoxy) is 1. The van der Waals surface area contributed by atoms with Crippen LogP contribution in [0.5, 0.6) is 5.19 Å². The number of benzene rings is 2. The first kappa shape index (κ1) is 20.6. The zero-order chi connectivity index (χ0) is 22.2. The Morgan fingerprint density at radius 2 is 1.84 bits per heavy atom. The molecule has 32 heavy (non-hydrogen) atoms.